The molecule has 0 rings (SSSR count). The van der Waals surface area contributed by atoms with E-state index in [0.717, 1.165) is 12.8 Å². The fourth-order valence-electron chi connectivity index (χ4n) is 1.24. The van der Waals surface area contributed by atoms with Gasteiger partial charge in [0.25, 0.3) is 0 Å². The molecule has 0 aliphatic heterocycles. The zero-order valence-corrected chi connectivity index (χ0v) is 9.86. The van der Waals surface area contributed by atoms with Crippen LogP contribution in [0, 0.1) is 0 Å². The van der Waals surface area contributed by atoms with Crippen LogP contribution in [-0.2, 0) is 14.3 Å². The molecule has 0 aliphatic rings. The number of carboxylic acid groups (broad SMARTS) is 1. The minimum atomic E-state index is -0.883. The van der Waals surface area contributed by atoms with Gasteiger partial charge in [-0.1, -0.05) is 19.8 Å². The Kier molecular flexibility index (Phi) is 8.33. The Labute approximate surface area is 91.6 Å². The van der Waals surface area contributed by atoms with Crippen LogP contribution in [0.5, 0.6) is 0 Å². The number of ether oxygens (including phenoxy) is 2. The van der Waals surface area contributed by atoms with Crippen LogP contribution in [0.15, 0.2) is 0 Å². The lowest BCUT2D eigenvalue weighted by Crippen LogP contribution is -2.30. The Morgan fingerprint density at radius 2 is 2.07 bits per heavy atom. The maximum Gasteiger partial charge on any atom is 0.332 e. The van der Waals surface area contributed by atoms with Crippen molar-refractivity contribution in [2.75, 3.05) is 13.2 Å². The minimum Gasteiger partial charge on any atom is -0.479 e. The van der Waals surface area contributed by atoms with Crippen LogP contribution in [0.3, 0.4) is 0 Å². The van der Waals surface area contributed by atoms with E-state index in [1.165, 1.54) is 0 Å². The molecule has 0 fully saturated rings. The molecule has 0 heterocycles. The summed E-state index contributed by atoms with van der Waals surface area (Å²) >= 11 is 0. The van der Waals surface area contributed by atoms with Crippen LogP contribution < -0.4 is 0 Å². The molecule has 15 heavy (non-hydrogen) atoms. The van der Waals surface area contributed by atoms with Crippen molar-refractivity contribution < 1.29 is 19.4 Å². The second-order valence-corrected chi connectivity index (χ2v) is 3.58. The van der Waals surface area contributed by atoms with Crippen molar-refractivity contribution >= 4 is 5.97 Å². The van der Waals surface area contributed by atoms with Crippen molar-refractivity contribution in [3.8, 4) is 0 Å². The van der Waals surface area contributed by atoms with E-state index in [9.17, 15) is 4.79 Å². The van der Waals surface area contributed by atoms with Gasteiger partial charge in [-0.2, -0.15) is 0 Å². The fourth-order valence-corrected chi connectivity index (χ4v) is 1.24. The third-order valence-electron chi connectivity index (χ3n) is 2.05. The van der Waals surface area contributed by atoms with Crippen molar-refractivity contribution in [2.45, 2.75) is 52.2 Å². The normalized spacial score (nSPS) is 14.9. The van der Waals surface area contributed by atoms with E-state index in [1.807, 2.05) is 20.8 Å². The molecule has 0 aromatic heterocycles. The van der Waals surface area contributed by atoms with Crippen molar-refractivity contribution in [1.29, 1.82) is 0 Å². The molecule has 0 aliphatic carbocycles. The molecule has 2 atom stereocenters. The lowest BCUT2D eigenvalue weighted by Gasteiger charge is -2.18. The van der Waals surface area contributed by atoms with E-state index < -0.39 is 12.1 Å². The van der Waals surface area contributed by atoms with E-state index in [1.54, 1.807) is 0 Å². The Balaban J connectivity index is 3.87. The van der Waals surface area contributed by atoms with Crippen LogP contribution in [0.2, 0.25) is 0 Å². The van der Waals surface area contributed by atoms with Gasteiger partial charge >= 0.3 is 5.97 Å². The molecule has 90 valence electrons. The summed E-state index contributed by atoms with van der Waals surface area (Å²) in [6, 6.07) is 0. The van der Waals surface area contributed by atoms with Gasteiger partial charge in [-0.25, -0.2) is 4.79 Å². The Hall–Kier alpha value is -0.610. The maximum absolute atomic E-state index is 10.8. The van der Waals surface area contributed by atoms with Crippen LogP contribution in [0.4, 0.5) is 0 Å². The van der Waals surface area contributed by atoms with Crippen LogP contribution in [0.1, 0.15) is 40.0 Å². The summed E-state index contributed by atoms with van der Waals surface area (Å²) in [7, 11) is 0. The Bertz CT molecular complexity index is 170. The molecule has 1 N–H and O–H groups in total. The van der Waals surface area contributed by atoms with Gasteiger partial charge in [0.2, 0.25) is 0 Å². The van der Waals surface area contributed by atoms with Gasteiger partial charge in [-0.15, -0.1) is 0 Å². The molecule has 0 aromatic rings. The second-order valence-electron chi connectivity index (χ2n) is 3.58. The molecule has 4 heteroatoms. The van der Waals surface area contributed by atoms with Gasteiger partial charge in [0.15, 0.2) is 6.10 Å². The molecule has 0 amide bonds. The van der Waals surface area contributed by atoms with Gasteiger partial charge < -0.3 is 14.6 Å². The van der Waals surface area contributed by atoms with Crippen LogP contribution in [0.25, 0.3) is 0 Å². The van der Waals surface area contributed by atoms with Gasteiger partial charge in [0.1, 0.15) is 0 Å². The largest absolute Gasteiger partial charge is 0.479 e. The number of aliphatic carboxylic acids is 1. The molecule has 4 nitrogen and oxygen atoms in total. The summed E-state index contributed by atoms with van der Waals surface area (Å²) in [6.45, 7) is 6.84. The van der Waals surface area contributed by atoms with Crippen molar-refractivity contribution in [3.63, 3.8) is 0 Å². The highest BCUT2D eigenvalue weighted by Gasteiger charge is 2.20. The van der Waals surface area contributed by atoms with E-state index in [0.29, 0.717) is 19.6 Å². The number of hydrogen-bond donors (Lipinski definition) is 1. The topological polar surface area (TPSA) is 55.8 Å². The first kappa shape index (κ1) is 14.4. The SMILES string of the molecule is CCCCC(OC(C)COCC)C(=O)O. The van der Waals surface area contributed by atoms with E-state index in [2.05, 4.69) is 0 Å². The average molecular weight is 218 g/mol. The van der Waals surface area contributed by atoms with Crippen molar-refractivity contribution in [3.05, 3.63) is 0 Å². The summed E-state index contributed by atoms with van der Waals surface area (Å²) in [5, 5.41) is 8.91. The highest BCUT2D eigenvalue weighted by atomic mass is 16.5. The number of hydrogen-bond acceptors (Lipinski definition) is 3. The summed E-state index contributed by atoms with van der Waals surface area (Å²) in [4.78, 5) is 10.8. The van der Waals surface area contributed by atoms with Gasteiger partial charge in [-0.3, -0.25) is 0 Å². The second kappa shape index (κ2) is 8.68. The Morgan fingerprint density at radius 1 is 1.40 bits per heavy atom. The average Bonchev–Trinajstić information content (AvgIpc) is 2.20. The highest BCUT2D eigenvalue weighted by molar-refractivity contribution is 5.72. The van der Waals surface area contributed by atoms with E-state index in [4.69, 9.17) is 14.6 Å². The molecule has 0 radical (unpaired) electrons. The number of carboxylic acids is 1. The van der Waals surface area contributed by atoms with Crippen LogP contribution >= 0.6 is 0 Å². The van der Waals surface area contributed by atoms with Crippen molar-refractivity contribution in [2.24, 2.45) is 0 Å². The maximum atomic E-state index is 10.8. The predicted molar refractivity (Wildman–Crippen MR) is 58.0 cm³/mol. The lowest BCUT2D eigenvalue weighted by molar-refractivity contribution is -0.156. The quantitative estimate of drug-likeness (QED) is 0.643. The zero-order chi connectivity index (χ0) is 11.7. The molecule has 0 bridgehead atoms. The summed E-state index contributed by atoms with van der Waals surface area (Å²) in [6.07, 6.45) is 1.57. The lowest BCUT2D eigenvalue weighted by atomic mass is 10.1. The van der Waals surface area contributed by atoms with E-state index in [-0.39, 0.29) is 6.10 Å². The third-order valence-corrected chi connectivity index (χ3v) is 2.05. The first-order valence-corrected chi connectivity index (χ1v) is 5.57. The molecular formula is C11H22O4. The molecule has 2 unspecified atom stereocenters. The standard InChI is InChI=1S/C11H22O4/c1-4-6-7-10(11(12)13)15-9(3)8-14-5-2/h9-10H,4-8H2,1-3H3,(H,12,13). The number of carbonyl (C=O) groups is 1. The third kappa shape index (κ3) is 7.33. The molecule has 0 spiro atoms. The predicted octanol–water partition coefficient (Wildman–Crippen LogP) is 2.07. The van der Waals surface area contributed by atoms with Crippen LogP contribution in [-0.4, -0.2) is 36.5 Å². The van der Waals surface area contributed by atoms with Crippen molar-refractivity contribution in [1.82, 2.24) is 0 Å². The molecule has 0 saturated carbocycles. The molecule has 0 saturated heterocycles. The van der Waals surface area contributed by atoms with Gasteiger partial charge in [0, 0.05) is 6.61 Å². The summed E-state index contributed by atoms with van der Waals surface area (Å²) in [5.74, 6) is -0.883. The monoisotopic (exact) mass is 218 g/mol. The fraction of sp³-hybridized carbons (Fsp3) is 0.909. The van der Waals surface area contributed by atoms with Gasteiger partial charge in [0.05, 0.1) is 12.7 Å². The highest BCUT2D eigenvalue weighted by Crippen LogP contribution is 2.08. The number of unbranched alkanes of at least 4 members (excludes halogenated alkanes) is 1. The van der Waals surface area contributed by atoms with Gasteiger partial charge in [-0.05, 0) is 20.3 Å². The number of rotatable bonds is 9. The minimum absolute atomic E-state index is 0.164. The smallest absolute Gasteiger partial charge is 0.332 e. The molecular weight excluding hydrogens is 196 g/mol. The zero-order valence-electron chi connectivity index (χ0n) is 9.86. The molecule has 0 aromatic carbocycles. The van der Waals surface area contributed by atoms with E-state index >= 15 is 0 Å². The first-order valence-electron chi connectivity index (χ1n) is 5.57. The Morgan fingerprint density at radius 3 is 2.53 bits per heavy atom. The first-order chi connectivity index (χ1) is 7.11. The summed E-state index contributed by atoms with van der Waals surface area (Å²) in [5.41, 5.74) is 0. The summed E-state index contributed by atoms with van der Waals surface area (Å²) < 4.78 is 10.6.